The summed E-state index contributed by atoms with van der Waals surface area (Å²) < 4.78 is 0. The van der Waals surface area contributed by atoms with Crippen molar-refractivity contribution in [2.45, 2.75) is 72.3 Å². The van der Waals surface area contributed by atoms with Crippen molar-refractivity contribution >= 4 is 22.5 Å². The minimum absolute atomic E-state index is 0.0694. The highest BCUT2D eigenvalue weighted by atomic mass is 16.2. The number of aromatic amines is 2. The summed E-state index contributed by atoms with van der Waals surface area (Å²) in [6.07, 6.45) is 6.92. The lowest BCUT2D eigenvalue weighted by Gasteiger charge is -2.37. The SMILES string of the molecule is CC(C)C(C(=O)N(C)c1ccc2cc(-c3n[nH]c4c3CCC(C)(C)C4)[nH]c2c1)N1CCCCC1. The zero-order chi connectivity index (χ0) is 24.0. The average molecular weight is 462 g/mol. The maximum Gasteiger partial charge on any atom is 0.244 e. The molecule has 1 unspecified atom stereocenters. The van der Waals surface area contributed by atoms with E-state index in [0.717, 1.165) is 53.9 Å². The molecule has 1 aromatic carbocycles. The van der Waals surface area contributed by atoms with Gasteiger partial charge in [0.15, 0.2) is 0 Å². The summed E-state index contributed by atoms with van der Waals surface area (Å²) in [5, 5.41) is 9.12. The van der Waals surface area contributed by atoms with Gasteiger partial charge < -0.3 is 9.88 Å². The Labute approximate surface area is 203 Å². The van der Waals surface area contributed by atoms with Gasteiger partial charge in [0.1, 0.15) is 5.69 Å². The molecule has 1 saturated heterocycles. The van der Waals surface area contributed by atoms with Gasteiger partial charge in [0, 0.05) is 34.9 Å². The van der Waals surface area contributed by atoms with Crippen LogP contribution in [0.25, 0.3) is 22.3 Å². The largest absolute Gasteiger partial charge is 0.353 e. The second-order valence-corrected chi connectivity index (χ2v) is 11.5. The van der Waals surface area contributed by atoms with Crippen LogP contribution in [0, 0.1) is 11.3 Å². The number of fused-ring (bicyclic) bond motifs is 2. The van der Waals surface area contributed by atoms with Crippen LogP contribution in [-0.2, 0) is 17.6 Å². The third-order valence-electron chi connectivity index (χ3n) is 7.91. The summed E-state index contributed by atoms with van der Waals surface area (Å²) in [7, 11) is 1.92. The first-order valence-electron chi connectivity index (χ1n) is 12.9. The number of nitrogens with one attached hydrogen (secondary N) is 2. The Morgan fingerprint density at radius 2 is 1.91 bits per heavy atom. The lowest BCUT2D eigenvalue weighted by atomic mass is 9.76. The lowest BCUT2D eigenvalue weighted by molar-refractivity contribution is -0.125. The number of benzene rings is 1. The molecule has 0 saturated carbocycles. The summed E-state index contributed by atoms with van der Waals surface area (Å²) in [6.45, 7) is 11.0. The fraction of sp³-hybridized carbons (Fsp3) is 0.571. The van der Waals surface area contributed by atoms with E-state index in [1.165, 1.54) is 36.9 Å². The molecule has 2 aromatic heterocycles. The van der Waals surface area contributed by atoms with Gasteiger partial charge >= 0.3 is 0 Å². The van der Waals surface area contributed by atoms with Crippen LogP contribution in [0.4, 0.5) is 5.69 Å². The first kappa shape index (κ1) is 23.2. The minimum atomic E-state index is -0.0694. The highest BCUT2D eigenvalue weighted by Gasteiger charge is 2.33. The molecule has 3 heterocycles. The first-order chi connectivity index (χ1) is 16.2. The summed E-state index contributed by atoms with van der Waals surface area (Å²) >= 11 is 0. The fourth-order valence-electron chi connectivity index (χ4n) is 5.91. The summed E-state index contributed by atoms with van der Waals surface area (Å²) in [5.41, 5.74) is 7.00. The van der Waals surface area contributed by atoms with Crippen molar-refractivity contribution in [2.24, 2.45) is 11.3 Å². The van der Waals surface area contributed by atoms with Crippen molar-refractivity contribution < 1.29 is 4.79 Å². The monoisotopic (exact) mass is 461 g/mol. The van der Waals surface area contributed by atoms with Crippen LogP contribution in [0.15, 0.2) is 24.3 Å². The lowest BCUT2D eigenvalue weighted by Crippen LogP contribution is -2.52. The van der Waals surface area contributed by atoms with Crippen molar-refractivity contribution in [3.05, 3.63) is 35.5 Å². The van der Waals surface area contributed by atoms with Crippen LogP contribution in [-0.4, -0.2) is 52.2 Å². The third-order valence-corrected chi connectivity index (χ3v) is 7.91. The van der Waals surface area contributed by atoms with Crippen LogP contribution in [0.1, 0.15) is 64.6 Å². The smallest absolute Gasteiger partial charge is 0.244 e. The standard InChI is InChI=1S/C28H39N5O/c1-18(2)26(33-13-7-6-8-14-33)27(34)32(5)20-10-9-19-15-23(29-22(19)16-20)25-21-11-12-28(3,4)17-24(21)30-31-25/h9-10,15-16,18,26,29H,6-8,11-14,17H2,1-5H3,(H,30,31). The van der Waals surface area contributed by atoms with Gasteiger partial charge in [-0.2, -0.15) is 5.10 Å². The maximum absolute atomic E-state index is 13.6. The summed E-state index contributed by atoms with van der Waals surface area (Å²) in [6, 6.07) is 8.39. The number of rotatable bonds is 5. The molecule has 182 valence electrons. The highest BCUT2D eigenvalue weighted by molar-refractivity contribution is 5.99. The van der Waals surface area contributed by atoms with Crippen LogP contribution >= 0.6 is 0 Å². The number of amides is 1. The quantitative estimate of drug-likeness (QED) is 0.524. The van der Waals surface area contributed by atoms with E-state index in [-0.39, 0.29) is 17.9 Å². The van der Waals surface area contributed by atoms with Crippen molar-refractivity contribution in [3.8, 4) is 11.4 Å². The fourth-order valence-corrected chi connectivity index (χ4v) is 5.91. The molecule has 1 fully saturated rings. The van der Waals surface area contributed by atoms with Crippen molar-refractivity contribution in [3.63, 3.8) is 0 Å². The normalized spacial score (nSPS) is 19.4. The van der Waals surface area contributed by atoms with E-state index in [4.69, 9.17) is 0 Å². The maximum atomic E-state index is 13.6. The molecule has 1 atom stereocenters. The second kappa shape index (κ2) is 8.88. The average Bonchev–Trinajstić information content (AvgIpc) is 3.41. The molecule has 6 heteroatoms. The molecule has 2 aliphatic rings. The van der Waals surface area contributed by atoms with E-state index < -0.39 is 0 Å². The predicted molar refractivity (Wildman–Crippen MR) is 139 cm³/mol. The van der Waals surface area contributed by atoms with E-state index in [1.54, 1.807) is 0 Å². The van der Waals surface area contributed by atoms with E-state index in [1.807, 2.05) is 11.9 Å². The Morgan fingerprint density at radius 1 is 1.15 bits per heavy atom. The number of likely N-dealkylation sites (tertiary alicyclic amines) is 1. The molecule has 5 rings (SSSR count). The molecule has 0 bridgehead atoms. The Bertz CT molecular complexity index is 1180. The number of hydrogen-bond donors (Lipinski definition) is 2. The number of likely N-dealkylation sites (N-methyl/N-ethyl adjacent to an activating group) is 1. The van der Waals surface area contributed by atoms with Crippen LogP contribution in [0.3, 0.4) is 0 Å². The highest BCUT2D eigenvalue weighted by Crippen LogP contribution is 2.38. The molecule has 0 spiro atoms. The van der Waals surface area contributed by atoms with E-state index in [2.05, 4.69) is 72.0 Å². The Hall–Kier alpha value is -2.60. The van der Waals surface area contributed by atoms with Gasteiger partial charge in [0.25, 0.3) is 0 Å². The molecular formula is C28H39N5O. The van der Waals surface area contributed by atoms with Gasteiger partial charge in [0.05, 0.1) is 11.7 Å². The van der Waals surface area contributed by atoms with Gasteiger partial charge in [-0.25, -0.2) is 0 Å². The van der Waals surface area contributed by atoms with Gasteiger partial charge in [-0.15, -0.1) is 0 Å². The third kappa shape index (κ3) is 4.28. The van der Waals surface area contributed by atoms with Gasteiger partial charge in [0.2, 0.25) is 5.91 Å². The Morgan fingerprint density at radius 3 is 2.65 bits per heavy atom. The second-order valence-electron chi connectivity index (χ2n) is 11.5. The molecule has 1 aliphatic carbocycles. The van der Waals surface area contributed by atoms with E-state index in [0.29, 0.717) is 5.41 Å². The minimum Gasteiger partial charge on any atom is -0.353 e. The number of aromatic nitrogens is 3. The molecule has 6 nitrogen and oxygen atoms in total. The van der Waals surface area contributed by atoms with Crippen LogP contribution < -0.4 is 4.90 Å². The number of hydrogen-bond acceptors (Lipinski definition) is 3. The van der Waals surface area contributed by atoms with Crippen molar-refractivity contribution in [2.75, 3.05) is 25.0 Å². The zero-order valence-electron chi connectivity index (χ0n) is 21.4. The predicted octanol–water partition coefficient (Wildman–Crippen LogP) is 5.55. The molecule has 2 N–H and O–H groups in total. The number of carbonyl (C=O) groups is 1. The van der Waals surface area contributed by atoms with Crippen molar-refractivity contribution in [1.82, 2.24) is 20.1 Å². The molecular weight excluding hydrogens is 422 g/mol. The van der Waals surface area contributed by atoms with E-state index >= 15 is 0 Å². The van der Waals surface area contributed by atoms with Crippen molar-refractivity contribution in [1.29, 1.82) is 0 Å². The number of carbonyl (C=O) groups excluding carboxylic acids is 1. The van der Waals surface area contributed by atoms with Crippen LogP contribution in [0.5, 0.6) is 0 Å². The first-order valence-corrected chi connectivity index (χ1v) is 12.9. The number of piperidine rings is 1. The molecule has 3 aromatic rings. The molecule has 1 aliphatic heterocycles. The summed E-state index contributed by atoms with van der Waals surface area (Å²) in [4.78, 5) is 21.4. The number of H-pyrrole nitrogens is 2. The number of anilines is 1. The zero-order valence-corrected chi connectivity index (χ0v) is 21.4. The molecule has 1 amide bonds. The van der Waals surface area contributed by atoms with E-state index in [9.17, 15) is 4.79 Å². The Kier molecular flexibility index (Phi) is 6.05. The molecule has 0 radical (unpaired) electrons. The molecule has 34 heavy (non-hydrogen) atoms. The number of nitrogens with zero attached hydrogens (tertiary/aromatic N) is 3. The van der Waals surface area contributed by atoms with Gasteiger partial charge in [-0.1, -0.05) is 40.2 Å². The van der Waals surface area contributed by atoms with Crippen LogP contribution in [0.2, 0.25) is 0 Å². The summed E-state index contributed by atoms with van der Waals surface area (Å²) in [5.74, 6) is 0.469. The van der Waals surface area contributed by atoms with Gasteiger partial charge in [-0.3, -0.25) is 14.8 Å². The topological polar surface area (TPSA) is 68.0 Å². The van der Waals surface area contributed by atoms with Gasteiger partial charge in [-0.05, 0) is 74.7 Å². The Balaban J connectivity index is 1.41.